The zero-order valence-electron chi connectivity index (χ0n) is 14.8. The van der Waals surface area contributed by atoms with Crippen LogP contribution in [0.1, 0.15) is 23.7 Å². The van der Waals surface area contributed by atoms with Crippen LogP contribution in [0.2, 0.25) is 5.02 Å². The third-order valence-electron chi connectivity index (χ3n) is 4.40. The zero-order valence-corrected chi connectivity index (χ0v) is 17.2. The van der Waals surface area contributed by atoms with Gasteiger partial charge in [-0.05, 0) is 17.7 Å². The number of alkyl halides is 3. The molecule has 1 unspecified atom stereocenters. The summed E-state index contributed by atoms with van der Waals surface area (Å²) in [4.78, 5) is 22.5. The molecule has 0 spiro atoms. The van der Waals surface area contributed by atoms with Gasteiger partial charge in [0.2, 0.25) is 5.91 Å². The fraction of sp³-hybridized carbons (Fsp3) is 0.389. The maximum absolute atomic E-state index is 13.7. The number of carbonyl (C=O) groups excluding carboxylic acids is 1. The van der Waals surface area contributed by atoms with Crippen molar-refractivity contribution < 1.29 is 18.0 Å². The molecule has 3 rings (SSSR count). The molecule has 1 fully saturated rings. The van der Waals surface area contributed by atoms with Crippen molar-refractivity contribution in [2.24, 2.45) is 0 Å². The largest absolute Gasteiger partial charge is 0.412 e. The second-order valence-corrected chi connectivity index (χ2v) is 9.70. The fourth-order valence-electron chi connectivity index (χ4n) is 2.98. The number of rotatable bonds is 5. The van der Waals surface area contributed by atoms with Crippen molar-refractivity contribution in [3.63, 3.8) is 0 Å². The molecule has 28 heavy (non-hydrogen) atoms. The average molecular weight is 448 g/mol. The van der Waals surface area contributed by atoms with E-state index in [1.54, 1.807) is 24.3 Å². The van der Waals surface area contributed by atoms with Crippen LogP contribution in [0.15, 0.2) is 42.9 Å². The van der Waals surface area contributed by atoms with E-state index in [0.29, 0.717) is 27.8 Å². The molecule has 1 aliphatic heterocycles. The lowest BCUT2D eigenvalue weighted by Gasteiger charge is -2.33. The molecular weight excluding hydrogens is 431 g/mol. The van der Waals surface area contributed by atoms with Crippen molar-refractivity contribution in [3.05, 3.63) is 59.1 Å². The van der Waals surface area contributed by atoms with Crippen LogP contribution >= 0.6 is 35.1 Å². The molecule has 1 aromatic heterocycles. The summed E-state index contributed by atoms with van der Waals surface area (Å²) in [5.41, 5.74) is 1.15. The summed E-state index contributed by atoms with van der Waals surface area (Å²) in [6, 6.07) is 6.12. The van der Waals surface area contributed by atoms with Gasteiger partial charge < -0.3 is 4.90 Å². The van der Waals surface area contributed by atoms with E-state index in [2.05, 4.69) is 9.97 Å². The number of amides is 1. The normalized spacial score (nSPS) is 17.3. The van der Waals surface area contributed by atoms with E-state index >= 15 is 0 Å². The highest BCUT2D eigenvalue weighted by Crippen LogP contribution is 2.56. The lowest BCUT2D eigenvalue weighted by molar-refractivity contribution is -0.150. The molecule has 1 amide bonds. The Hall–Kier alpha value is -1.45. The van der Waals surface area contributed by atoms with E-state index in [-0.39, 0.29) is 0 Å². The number of hydrogen-bond donors (Lipinski definition) is 0. The van der Waals surface area contributed by atoms with E-state index in [1.807, 2.05) is 0 Å². The standard InChI is InChI=1S/C18H17ClF3N3OS2/c1-25(15(26)10-17(18(20,21)22)27-8-9-28-17)16(14-11-23-6-7-24-14)12-2-4-13(19)5-3-12/h2-7,11,16H,8-10H2,1H3. The summed E-state index contributed by atoms with van der Waals surface area (Å²) in [6.07, 6.45) is -0.628. The van der Waals surface area contributed by atoms with Crippen LogP contribution in [0.3, 0.4) is 0 Å². The van der Waals surface area contributed by atoms with Crippen LogP contribution in [0, 0.1) is 0 Å². The van der Waals surface area contributed by atoms with Crippen LogP contribution in [-0.2, 0) is 4.79 Å². The fourth-order valence-corrected chi connectivity index (χ4v) is 6.04. The third-order valence-corrected chi connectivity index (χ3v) is 8.12. The molecule has 150 valence electrons. The second kappa shape index (κ2) is 8.51. The van der Waals surface area contributed by atoms with Crippen molar-refractivity contribution in [1.82, 2.24) is 14.9 Å². The van der Waals surface area contributed by atoms with E-state index < -0.39 is 28.6 Å². The summed E-state index contributed by atoms with van der Waals surface area (Å²) in [6.45, 7) is 0. The molecule has 2 heterocycles. The number of carbonyl (C=O) groups is 1. The second-order valence-electron chi connectivity index (χ2n) is 6.21. The number of aromatic nitrogens is 2. The molecule has 0 radical (unpaired) electrons. The lowest BCUT2D eigenvalue weighted by Crippen LogP contribution is -2.43. The van der Waals surface area contributed by atoms with E-state index in [1.165, 1.54) is 30.5 Å². The van der Waals surface area contributed by atoms with Crippen LogP contribution in [-0.4, -0.2) is 49.6 Å². The highest BCUT2D eigenvalue weighted by Gasteiger charge is 2.59. The van der Waals surface area contributed by atoms with E-state index in [0.717, 1.165) is 23.5 Å². The molecule has 2 aromatic rings. The zero-order chi connectivity index (χ0) is 20.4. The molecule has 1 atom stereocenters. The van der Waals surface area contributed by atoms with Gasteiger partial charge in [-0.3, -0.25) is 14.8 Å². The monoisotopic (exact) mass is 447 g/mol. The number of nitrogens with zero attached hydrogens (tertiary/aromatic N) is 3. The van der Waals surface area contributed by atoms with Crippen molar-refractivity contribution in [2.45, 2.75) is 22.7 Å². The van der Waals surface area contributed by atoms with Gasteiger partial charge in [0.1, 0.15) is 6.04 Å². The van der Waals surface area contributed by atoms with Gasteiger partial charge in [0.15, 0.2) is 4.08 Å². The molecule has 1 saturated heterocycles. The molecule has 1 aromatic carbocycles. The highest BCUT2D eigenvalue weighted by atomic mass is 35.5. The van der Waals surface area contributed by atoms with Crippen LogP contribution < -0.4 is 0 Å². The van der Waals surface area contributed by atoms with Gasteiger partial charge in [0.25, 0.3) is 0 Å². The number of thioether (sulfide) groups is 2. The predicted octanol–water partition coefficient (Wildman–Crippen LogP) is 4.81. The summed E-state index contributed by atoms with van der Waals surface area (Å²) in [7, 11) is 1.49. The first-order chi connectivity index (χ1) is 13.2. The molecule has 0 N–H and O–H groups in total. The van der Waals surface area contributed by atoms with E-state index in [9.17, 15) is 18.0 Å². The van der Waals surface area contributed by atoms with Crippen LogP contribution in [0.25, 0.3) is 0 Å². The van der Waals surface area contributed by atoms with Crippen LogP contribution in [0.5, 0.6) is 0 Å². The Labute approximate surface area is 174 Å². The Morgan fingerprint density at radius 3 is 2.43 bits per heavy atom. The minimum atomic E-state index is -4.47. The minimum Gasteiger partial charge on any atom is -0.333 e. The molecule has 0 saturated carbocycles. The summed E-state index contributed by atoms with van der Waals surface area (Å²) < 4.78 is 38.9. The molecule has 0 bridgehead atoms. The first-order valence-electron chi connectivity index (χ1n) is 8.35. The number of halogens is 4. The smallest absolute Gasteiger partial charge is 0.333 e. The van der Waals surface area contributed by atoms with Gasteiger partial charge in [-0.15, -0.1) is 23.5 Å². The summed E-state index contributed by atoms with van der Waals surface area (Å²) in [5.74, 6) is 0.127. The molecule has 10 heteroatoms. The van der Waals surface area contributed by atoms with Gasteiger partial charge in [-0.2, -0.15) is 13.2 Å². The predicted molar refractivity (Wildman–Crippen MR) is 106 cm³/mol. The quantitative estimate of drug-likeness (QED) is 0.658. The number of benzene rings is 1. The van der Waals surface area contributed by atoms with E-state index in [4.69, 9.17) is 11.6 Å². The third kappa shape index (κ3) is 4.41. The van der Waals surface area contributed by atoms with Crippen molar-refractivity contribution in [3.8, 4) is 0 Å². The Morgan fingerprint density at radius 1 is 1.25 bits per heavy atom. The van der Waals surface area contributed by atoms with Gasteiger partial charge in [-0.25, -0.2) is 0 Å². The van der Waals surface area contributed by atoms with Crippen molar-refractivity contribution >= 4 is 41.0 Å². The molecule has 1 aliphatic rings. The van der Waals surface area contributed by atoms with Gasteiger partial charge in [-0.1, -0.05) is 23.7 Å². The van der Waals surface area contributed by atoms with Crippen molar-refractivity contribution in [1.29, 1.82) is 0 Å². The number of hydrogen-bond acceptors (Lipinski definition) is 5. The Kier molecular flexibility index (Phi) is 6.46. The summed E-state index contributed by atoms with van der Waals surface area (Å²) in [5, 5.41) is 0.519. The SMILES string of the molecule is CN(C(=O)CC1(C(F)(F)F)SCCS1)C(c1ccc(Cl)cc1)c1cnccn1. The maximum Gasteiger partial charge on any atom is 0.412 e. The topological polar surface area (TPSA) is 46.1 Å². The molecule has 0 aliphatic carbocycles. The average Bonchev–Trinajstić information content (AvgIpc) is 3.14. The van der Waals surface area contributed by atoms with Crippen molar-refractivity contribution in [2.75, 3.05) is 18.6 Å². The first kappa shape index (κ1) is 21.3. The maximum atomic E-state index is 13.7. The molecule has 4 nitrogen and oxygen atoms in total. The first-order valence-corrected chi connectivity index (χ1v) is 10.7. The Balaban J connectivity index is 1.91. The Bertz CT molecular complexity index is 815. The lowest BCUT2D eigenvalue weighted by atomic mass is 10.0. The van der Waals surface area contributed by atoms with Crippen LogP contribution in [0.4, 0.5) is 13.2 Å². The molecular formula is C18H17ClF3N3OS2. The minimum absolute atomic E-state index is 0.367. The highest BCUT2D eigenvalue weighted by molar-refractivity contribution is 8.21. The Morgan fingerprint density at radius 2 is 1.89 bits per heavy atom. The van der Waals surface area contributed by atoms with Gasteiger partial charge >= 0.3 is 6.18 Å². The summed E-state index contributed by atoms with van der Waals surface area (Å²) >= 11 is 7.53. The van der Waals surface area contributed by atoms with Gasteiger partial charge in [0, 0.05) is 36.0 Å². The van der Waals surface area contributed by atoms with Gasteiger partial charge in [0.05, 0.1) is 18.3 Å².